The average molecular weight is 455 g/mol. The SMILES string of the molecule is CCOC(=O)CC(=O)CC(O)(CCc1cscc1C(C)(C)O[Si]C(C)(C)C)C(C)C. The topological polar surface area (TPSA) is 72.8 Å². The lowest BCUT2D eigenvalue weighted by molar-refractivity contribution is -0.146. The molecule has 1 N–H and O–H groups in total. The summed E-state index contributed by atoms with van der Waals surface area (Å²) >= 11 is 1.63. The van der Waals surface area contributed by atoms with Crippen molar-refractivity contribution in [1.82, 2.24) is 0 Å². The van der Waals surface area contributed by atoms with Crippen molar-refractivity contribution in [3.8, 4) is 0 Å². The minimum absolute atomic E-state index is 0.0474. The lowest BCUT2D eigenvalue weighted by Gasteiger charge is -2.33. The zero-order valence-electron chi connectivity index (χ0n) is 19.8. The summed E-state index contributed by atoms with van der Waals surface area (Å²) in [6, 6.07) is 0. The third kappa shape index (κ3) is 8.61. The van der Waals surface area contributed by atoms with E-state index in [1.54, 1.807) is 18.3 Å². The van der Waals surface area contributed by atoms with Crippen LogP contribution in [0, 0.1) is 5.92 Å². The third-order valence-electron chi connectivity index (χ3n) is 5.06. The molecule has 30 heavy (non-hydrogen) atoms. The average Bonchev–Trinajstić information content (AvgIpc) is 3.07. The molecule has 0 aliphatic rings. The molecule has 0 aliphatic heterocycles. The number of rotatable bonds is 12. The highest BCUT2D eigenvalue weighted by Crippen LogP contribution is 2.36. The summed E-state index contributed by atoms with van der Waals surface area (Å²) in [5, 5.41) is 15.5. The number of aryl methyl sites for hydroxylation is 1. The summed E-state index contributed by atoms with van der Waals surface area (Å²) in [4.78, 5) is 23.9. The number of hydrogen-bond acceptors (Lipinski definition) is 6. The molecule has 7 heteroatoms. The molecule has 0 aromatic carbocycles. The van der Waals surface area contributed by atoms with Crippen LogP contribution in [-0.4, -0.2) is 38.8 Å². The van der Waals surface area contributed by atoms with Gasteiger partial charge in [0.25, 0.3) is 0 Å². The first-order chi connectivity index (χ1) is 13.7. The van der Waals surface area contributed by atoms with Crippen LogP contribution in [0.3, 0.4) is 0 Å². The Morgan fingerprint density at radius 2 is 1.80 bits per heavy atom. The van der Waals surface area contributed by atoms with E-state index in [0.29, 0.717) is 22.6 Å². The Balaban J connectivity index is 2.86. The van der Waals surface area contributed by atoms with Gasteiger partial charge >= 0.3 is 5.97 Å². The van der Waals surface area contributed by atoms with Crippen LogP contribution in [0.5, 0.6) is 0 Å². The van der Waals surface area contributed by atoms with Gasteiger partial charge in [-0.05, 0) is 66.5 Å². The fraction of sp³-hybridized carbons (Fsp3) is 0.739. The first kappa shape index (κ1) is 27.0. The standard InChI is InChI=1S/C23H38O5SSi/c1-9-27-20(25)12-18(24)13-23(26,16(2)3)11-10-17-14-29-15-19(17)22(7,8)28-30-21(4,5)6/h14-16,26H,9-13H2,1-8H3. The summed E-state index contributed by atoms with van der Waals surface area (Å²) in [6.07, 6.45) is 0.752. The van der Waals surface area contributed by atoms with Gasteiger partial charge in [0, 0.05) is 6.42 Å². The number of esters is 1. The quantitative estimate of drug-likeness (QED) is 0.271. The van der Waals surface area contributed by atoms with E-state index in [2.05, 4.69) is 45.4 Å². The lowest BCUT2D eigenvalue weighted by Crippen LogP contribution is -2.38. The summed E-state index contributed by atoms with van der Waals surface area (Å²) in [5.41, 5.74) is 0.686. The van der Waals surface area contributed by atoms with E-state index in [9.17, 15) is 14.7 Å². The molecule has 0 saturated heterocycles. The van der Waals surface area contributed by atoms with Crippen molar-refractivity contribution in [2.75, 3.05) is 6.61 Å². The van der Waals surface area contributed by atoms with E-state index in [-0.39, 0.29) is 36.2 Å². The molecule has 1 aromatic rings. The Bertz CT molecular complexity index is 705. The highest BCUT2D eigenvalue weighted by atomic mass is 32.1. The summed E-state index contributed by atoms with van der Waals surface area (Å²) in [7, 11) is 0.375. The van der Waals surface area contributed by atoms with E-state index in [1.165, 1.54) is 0 Å². The van der Waals surface area contributed by atoms with Crippen molar-refractivity contribution in [2.24, 2.45) is 5.92 Å². The number of thiophene rings is 1. The number of carbonyl (C=O) groups excluding carboxylic acids is 2. The number of Topliss-reactive ketones (excluding diaryl/α,β-unsaturated/α-hetero) is 1. The van der Waals surface area contributed by atoms with Gasteiger partial charge in [-0.3, -0.25) is 9.59 Å². The molecular weight excluding hydrogens is 416 g/mol. The van der Waals surface area contributed by atoms with Crippen LogP contribution in [0.2, 0.25) is 5.04 Å². The Hall–Kier alpha value is -1.02. The van der Waals surface area contributed by atoms with Gasteiger partial charge < -0.3 is 14.3 Å². The van der Waals surface area contributed by atoms with Crippen molar-refractivity contribution >= 4 is 32.9 Å². The first-order valence-electron chi connectivity index (χ1n) is 10.6. The Morgan fingerprint density at radius 1 is 1.17 bits per heavy atom. The van der Waals surface area contributed by atoms with Crippen LogP contribution in [0.4, 0.5) is 0 Å². The van der Waals surface area contributed by atoms with Crippen LogP contribution < -0.4 is 0 Å². The first-order valence-corrected chi connectivity index (χ1v) is 12.5. The van der Waals surface area contributed by atoms with Crippen molar-refractivity contribution < 1.29 is 23.9 Å². The number of hydrogen-bond donors (Lipinski definition) is 1. The third-order valence-corrected chi connectivity index (χ3v) is 7.07. The van der Waals surface area contributed by atoms with E-state index in [0.717, 1.165) is 11.1 Å². The largest absolute Gasteiger partial charge is 0.466 e. The maximum Gasteiger partial charge on any atom is 0.313 e. The number of ketones is 1. The molecule has 1 rings (SSSR count). The second-order valence-electron chi connectivity index (χ2n) is 9.73. The van der Waals surface area contributed by atoms with Gasteiger partial charge in [0.05, 0.1) is 17.8 Å². The number of aliphatic hydroxyl groups is 1. The molecule has 0 saturated carbocycles. The summed E-state index contributed by atoms with van der Waals surface area (Å²) < 4.78 is 11.1. The van der Waals surface area contributed by atoms with Crippen LogP contribution in [0.15, 0.2) is 10.8 Å². The Labute approximate surface area is 188 Å². The van der Waals surface area contributed by atoms with Crippen molar-refractivity contribution in [3.05, 3.63) is 21.9 Å². The normalized spacial score (nSPS) is 14.6. The van der Waals surface area contributed by atoms with Crippen molar-refractivity contribution in [2.45, 2.75) is 97.3 Å². The van der Waals surface area contributed by atoms with E-state index in [4.69, 9.17) is 9.16 Å². The highest BCUT2D eigenvalue weighted by Gasteiger charge is 2.35. The molecule has 2 radical (unpaired) electrons. The maximum absolute atomic E-state index is 12.3. The van der Waals surface area contributed by atoms with Gasteiger partial charge in [0.1, 0.15) is 12.2 Å². The minimum atomic E-state index is -1.17. The predicted octanol–water partition coefficient (Wildman–Crippen LogP) is 5.07. The second kappa shape index (κ2) is 11.0. The zero-order valence-corrected chi connectivity index (χ0v) is 21.6. The second-order valence-corrected chi connectivity index (χ2v) is 12.4. The van der Waals surface area contributed by atoms with Crippen LogP contribution in [0.25, 0.3) is 0 Å². The van der Waals surface area contributed by atoms with E-state index < -0.39 is 17.2 Å². The van der Waals surface area contributed by atoms with Gasteiger partial charge in [-0.2, -0.15) is 11.3 Å². The molecule has 0 amide bonds. The highest BCUT2D eigenvalue weighted by molar-refractivity contribution is 7.08. The monoisotopic (exact) mass is 454 g/mol. The summed E-state index contributed by atoms with van der Waals surface area (Å²) in [5.74, 6) is -0.935. The zero-order chi connectivity index (χ0) is 23.2. The molecule has 0 spiro atoms. The Morgan fingerprint density at radius 3 is 2.33 bits per heavy atom. The van der Waals surface area contributed by atoms with Gasteiger partial charge in [-0.15, -0.1) is 0 Å². The molecular formula is C23H38O5SSi. The lowest BCUT2D eigenvalue weighted by atomic mass is 9.80. The van der Waals surface area contributed by atoms with Crippen LogP contribution in [-0.2, 0) is 30.8 Å². The van der Waals surface area contributed by atoms with Crippen LogP contribution >= 0.6 is 11.3 Å². The molecule has 1 atom stereocenters. The number of carbonyl (C=O) groups is 2. The minimum Gasteiger partial charge on any atom is -0.466 e. The molecule has 1 heterocycles. The molecule has 170 valence electrons. The Kier molecular flexibility index (Phi) is 9.93. The predicted molar refractivity (Wildman–Crippen MR) is 123 cm³/mol. The molecule has 1 unspecified atom stereocenters. The molecule has 5 nitrogen and oxygen atoms in total. The van der Waals surface area contributed by atoms with Gasteiger partial charge in [0.15, 0.2) is 0 Å². The van der Waals surface area contributed by atoms with Gasteiger partial charge in [-0.25, -0.2) is 0 Å². The molecule has 0 fully saturated rings. The maximum atomic E-state index is 12.3. The van der Waals surface area contributed by atoms with Gasteiger partial charge in [0.2, 0.25) is 9.76 Å². The smallest absolute Gasteiger partial charge is 0.313 e. The summed E-state index contributed by atoms with van der Waals surface area (Å²) in [6.45, 7) is 16.4. The number of ether oxygens (including phenoxy) is 1. The van der Waals surface area contributed by atoms with Gasteiger partial charge in [-0.1, -0.05) is 34.6 Å². The fourth-order valence-corrected chi connectivity index (χ4v) is 4.81. The van der Waals surface area contributed by atoms with E-state index in [1.807, 2.05) is 13.8 Å². The van der Waals surface area contributed by atoms with Crippen LogP contribution in [0.1, 0.15) is 85.8 Å². The van der Waals surface area contributed by atoms with Crippen molar-refractivity contribution in [3.63, 3.8) is 0 Å². The van der Waals surface area contributed by atoms with E-state index >= 15 is 0 Å². The molecule has 1 aromatic heterocycles. The molecule has 0 bridgehead atoms. The molecule has 0 aliphatic carbocycles. The van der Waals surface area contributed by atoms with Crippen molar-refractivity contribution in [1.29, 1.82) is 0 Å². The fourth-order valence-electron chi connectivity index (χ4n) is 3.09.